The molecule has 0 radical (unpaired) electrons. The van der Waals surface area contributed by atoms with Gasteiger partial charge in [-0.15, -0.1) is 0 Å². The van der Waals surface area contributed by atoms with E-state index in [1.807, 2.05) is 26.0 Å². The number of pyridine rings is 1. The zero-order valence-electron chi connectivity index (χ0n) is 10.1. The van der Waals surface area contributed by atoms with E-state index in [0.717, 1.165) is 22.5 Å². The van der Waals surface area contributed by atoms with Crippen molar-refractivity contribution in [3.05, 3.63) is 29.6 Å². The van der Waals surface area contributed by atoms with Gasteiger partial charge >= 0.3 is 0 Å². The minimum Gasteiger partial charge on any atom is -0.297 e. The molecular formula is C12H16N4. The Bertz CT molecular complexity index is 444. The van der Waals surface area contributed by atoms with Gasteiger partial charge in [0.2, 0.25) is 0 Å². The highest BCUT2D eigenvalue weighted by molar-refractivity contribution is 5.83. The number of aryl methyl sites for hydroxylation is 1. The van der Waals surface area contributed by atoms with Gasteiger partial charge in [-0.2, -0.15) is 10.2 Å². The zero-order chi connectivity index (χ0) is 12.0. The first kappa shape index (κ1) is 12.2. The molecule has 84 valence electrons. The van der Waals surface area contributed by atoms with Gasteiger partial charge in [0.15, 0.2) is 0 Å². The fourth-order valence-corrected chi connectivity index (χ4v) is 1.25. The number of hydrogen-bond acceptors (Lipinski definition) is 4. The fraction of sp³-hybridized carbons (Fsp3) is 0.333. The number of allylic oxidation sites excluding steroid dienone is 2. The summed E-state index contributed by atoms with van der Waals surface area (Å²) in [5.74, 6) is 0. The number of rotatable bonds is 3. The monoisotopic (exact) mass is 216 g/mol. The van der Waals surface area contributed by atoms with Gasteiger partial charge in [0.25, 0.3) is 0 Å². The standard InChI is InChI=1S/C12H16N4/c1-9(5-6-13-3)11-7-10(2)12(8-15-11)16-14-4/h5-8H,1-4H3/b9-5+,13-6?,16-14?. The summed E-state index contributed by atoms with van der Waals surface area (Å²) in [7, 11) is 3.39. The lowest BCUT2D eigenvalue weighted by molar-refractivity contribution is 1.12. The Morgan fingerprint density at radius 3 is 2.69 bits per heavy atom. The van der Waals surface area contributed by atoms with Crippen LogP contribution in [0, 0.1) is 6.92 Å². The van der Waals surface area contributed by atoms with E-state index in [2.05, 4.69) is 20.2 Å². The lowest BCUT2D eigenvalue weighted by Gasteiger charge is -2.03. The van der Waals surface area contributed by atoms with Crippen LogP contribution in [0.5, 0.6) is 0 Å². The molecule has 16 heavy (non-hydrogen) atoms. The molecule has 0 aliphatic rings. The van der Waals surface area contributed by atoms with Crippen LogP contribution >= 0.6 is 0 Å². The highest BCUT2D eigenvalue weighted by atomic mass is 15.1. The molecule has 0 aliphatic carbocycles. The summed E-state index contributed by atoms with van der Waals surface area (Å²) in [5, 5.41) is 7.73. The number of azo groups is 1. The summed E-state index contributed by atoms with van der Waals surface area (Å²) in [5.41, 5.74) is 3.89. The molecule has 0 saturated carbocycles. The molecule has 1 aromatic heterocycles. The van der Waals surface area contributed by atoms with Crippen LogP contribution in [-0.4, -0.2) is 25.3 Å². The van der Waals surface area contributed by atoms with Crippen LogP contribution in [0.3, 0.4) is 0 Å². The molecule has 0 fully saturated rings. The van der Waals surface area contributed by atoms with Crippen LogP contribution in [0.1, 0.15) is 18.2 Å². The Kier molecular flexibility index (Phi) is 4.51. The smallest absolute Gasteiger partial charge is 0.106 e. The third kappa shape index (κ3) is 3.08. The van der Waals surface area contributed by atoms with Crippen molar-refractivity contribution in [3.63, 3.8) is 0 Å². The molecule has 0 amide bonds. The lowest BCUT2D eigenvalue weighted by atomic mass is 10.1. The Labute approximate surface area is 95.9 Å². The number of aromatic nitrogens is 1. The molecule has 1 heterocycles. The third-order valence-electron chi connectivity index (χ3n) is 2.17. The number of aliphatic imine (C=N–C) groups is 1. The number of hydrogen-bond donors (Lipinski definition) is 0. The molecule has 4 heteroatoms. The highest BCUT2D eigenvalue weighted by Crippen LogP contribution is 2.20. The van der Waals surface area contributed by atoms with Gasteiger partial charge in [-0.1, -0.05) is 0 Å². The Morgan fingerprint density at radius 2 is 2.12 bits per heavy atom. The fourth-order valence-electron chi connectivity index (χ4n) is 1.25. The molecule has 0 saturated heterocycles. The second-order valence-electron chi connectivity index (χ2n) is 3.41. The summed E-state index contributed by atoms with van der Waals surface area (Å²) in [4.78, 5) is 8.24. The van der Waals surface area contributed by atoms with Crippen molar-refractivity contribution in [1.82, 2.24) is 4.98 Å². The zero-order valence-corrected chi connectivity index (χ0v) is 10.1. The van der Waals surface area contributed by atoms with Gasteiger partial charge in [0, 0.05) is 20.3 Å². The maximum atomic E-state index is 4.33. The summed E-state index contributed by atoms with van der Waals surface area (Å²) in [6, 6.07) is 2.00. The molecule has 0 spiro atoms. The summed E-state index contributed by atoms with van der Waals surface area (Å²) in [6.07, 6.45) is 5.42. The summed E-state index contributed by atoms with van der Waals surface area (Å²) < 4.78 is 0. The third-order valence-corrected chi connectivity index (χ3v) is 2.17. The van der Waals surface area contributed by atoms with Crippen molar-refractivity contribution in [2.75, 3.05) is 14.1 Å². The van der Waals surface area contributed by atoms with Crippen molar-refractivity contribution < 1.29 is 0 Å². The molecule has 0 bridgehead atoms. The first-order chi connectivity index (χ1) is 7.69. The first-order valence-electron chi connectivity index (χ1n) is 5.05. The Hall–Kier alpha value is -1.84. The molecule has 1 aromatic rings. The SMILES string of the molecule is CN=C/C=C(\C)c1cc(C)c(N=NC)cn1. The maximum absolute atomic E-state index is 4.33. The van der Waals surface area contributed by atoms with Gasteiger partial charge in [-0.3, -0.25) is 9.98 Å². The minimum atomic E-state index is 0.809. The normalized spacial score (nSPS) is 12.9. The molecule has 0 aromatic carbocycles. The van der Waals surface area contributed by atoms with Crippen molar-refractivity contribution in [3.8, 4) is 0 Å². The molecular weight excluding hydrogens is 200 g/mol. The van der Waals surface area contributed by atoms with Crippen LogP contribution in [0.25, 0.3) is 5.57 Å². The van der Waals surface area contributed by atoms with E-state index in [1.165, 1.54) is 0 Å². The Morgan fingerprint density at radius 1 is 1.38 bits per heavy atom. The van der Waals surface area contributed by atoms with E-state index in [-0.39, 0.29) is 0 Å². The molecule has 0 atom stereocenters. The predicted molar refractivity (Wildman–Crippen MR) is 67.5 cm³/mol. The average Bonchev–Trinajstić information content (AvgIpc) is 2.29. The van der Waals surface area contributed by atoms with E-state index in [0.29, 0.717) is 0 Å². The minimum absolute atomic E-state index is 0.809. The van der Waals surface area contributed by atoms with Crippen LogP contribution in [0.15, 0.2) is 33.6 Å². The first-order valence-corrected chi connectivity index (χ1v) is 5.05. The summed E-state index contributed by atoms with van der Waals surface area (Å²) in [6.45, 7) is 4.00. The Balaban J connectivity index is 3.05. The molecule has 4 nitrogen and oxygen atoms in total. The van der Waals surface area contributed by atoms with Crippen LogP contribution < -0.4 is 0 Å². The number of nitrogens with zero attached hydrogens (tertiary/aromatic N) is 4. The van der Waals surface area contributed by atoms with Crippen molar-refractivity contribution >= 4 is 17.5 Å². The van der Waals surface area contributed by atoms with Gasteiger partial charge in [0.05, 0.1) is 11.9 Å². The molecule has 0 unspecified atom stereocenters. The topological polar surface area (TPSA) is 50.0 Å². The van der Waals surface area contributed by atoms with Crippen LogP contribution in [0.4, 0.5) is 5.69 Å². The quantitative estimate of drug-likeness (QED) is 0.565. The van der Waals surface area contributed by atoms with Crippen LogP contribution in [0.2, 0.25) is 0 Å². The lowest BCUT2D eigenvalue weighted by Crippen LogP contribution is -1.88. The van der Waals surface area contributed by atoms with Gasteiger partial charge in [-0.05, 0) is 37.1 Å². The van der Waals surface area contributed by atoms with E-state index in [9.17, 15) is 0 Å². The highest BCUT2D eigenvalue weighted by Gasteiger charge is 2.01. The van der Waals surface area contributed by atoms with Gasteiger partial charge in [0.1, 0.15) is 5.69 Å². The van der Waals surface area contributed by atoms with E-state index >= 15 is 0 Å². The predicted octanol–water partition coefficient (Wildman–Crippen LogP) is 3.21. The molecule has 0 N–H and O–H groups in total. The second kappa shape index (κ2) is 5.90. The van der Waals surface area contributed by atoms with Crippen molar-refractivity contribution in [2.24, 2.45) is 15.2 Å². The van der Waals surface area contributed by atoms with E-state index in [4.69, 9.17) is 0 Å². The van der Waals surface area contributed by atoms with E-state index in [1.54, 1.807) is 26.5 Å². The van der Waals surface area contributed by atoms with Gasteiger partial charge in [-0.25, -0.2) is 0 Å². The second-order valence-corrected chi connectivity index (χ2v) is 3.41. The van der Waals surface area contributed by atoms with Crippen molar-refractivity contribution in [2.45, 2.75) is 13.8 Å². The average molecular weight is 216 g/mol. The maximum Gasteiger partial charge on any atom is 0.106 e. The molecule has 0 aliphatic heterocycles. The largest absolute Gasteiger partial charge is 0.297 e. The van der Waals surface area contributed by atoms with Crippen LogP contribution in [-0.2, 0) is 0 Å². The van der Waals surface area contributed by atoms with E-state index < -0.39 is 0 Å². The van der Waals surface area contributed by atoms with Gasteiger partial charge < -0.3 is 0 Å². The summed E-state index contributed by atoms with van der Waals surface area (Å²) >= 11 is 0. The molecule has 1 rings (SSSR count). The van der Waals surface area contributed by atoms with Crippen molar-refractivity contribution in [1.29, 1.82) is 0 Å².